The average Bonchev–Trinajstić information content (AvgIpc) is 2.75. The maximum Gasteiger partial charge on any atom is 0.356 e. The highest BCUT2D eigenvalue weighted by atomic mass is 32.1. The van der Waals surface area contributed by atoms with Crippen molar-refractivity contribution in [1.29, 1.82) is 0 Å². The van der Waals surface area contributed by atoms with Crippen LogP contribution in [-0.4, -0.2) is 25.4 Å². The van der Waals surface area contributed by atoms with Gasteiger partial charge in [-0.2, -0.15) is 0 Å². The van der Waals surface area contributed by atoms with Crippen LogP contribution in [0.1, 0.15) is 10.5 Å². The van der Waals surface area contributed by atoms with Crippen molar-refractivity contribution in [3.63, 3.8) is 0 Å². The highest BCUT2D eigenvalue weighted by molar-refractivity contribution is 7.71. The Hall–Kier alpha value is -2.34. The number of carboxylic acids is 1. The molecule has 2 aromatic heterocycles. The van der Waals surface area contributed by atoms with Crippen molar-refractivity contribution in [3.8, 4) is 0 Å². The molecule has 0 fully saturated rings. The van der Waals surface area contributed by atoms with Gasteiger partial charge in [-0.15, -0.1) is 0 Å². The fourth-order valence-corrected chi connectivity index (χ4v) is 2.15. The first-order valence-corrected chi connectivity index (χ1v) is 5.58. The van der Waals surface area contributed by atoms with Crippen LogP contribution in [-0.2, 0) is 0 Å². The predicted octanol–water partition coefficient (Wildman–Crippen LogP) is 2.31. The Labute approximate surface area is 106 Å². The molecule has 5 nitrogen and oxygen atoms in total. The number of aromatic carboxylic acids is 1. The van der Waals surface area contributed by atoms with Gasteiger partial charge < -0.3 is 5.11 Å². The van der Waals surface area contributed by atoms with Gasteiger partial charge in [-0.05, 0) is 6.07 Å². The lowest BCUT2D eigenvalue weighted by atomic mass is 10.2. The zero-order chi connectivity index (χ0) is 12.7. The number of para-hydroxylation sites is 1. The smallest absolute Gasteiger partial charge is 0.356 e. The van der Waals surface area contributed by atoms with Gasteiger partial charge in [-0.25, -0.2) is 14.8 Å². The molecule has 0 radical (unpaired) electrons. The van der Waals surface area contributed by atoms with E-state index in [1.54, 1.807) is 10.6 Å². The molecular weight excluding hydrogens is 250 g/mol. The van der Waals surface area contributed by atoms with Crippen LogP contribution in [0.4, 0.5) is 0 Å². The Kier molecular flexibility index (Phi) is 2.31. The summed E-state index contributed by atoms with van der Waals surface area (Å²) in [4.78, 5) is 19.1. The van der Waals surface area contributed by atoms with Crippen LogP contribution in [0.5, 0.6) is 0 Å². The largest absolute Gasteiger partial charge is 0.476 e. The quantitative estimate of drug-likeness (QED) is 0.677. The lowest BCUT2D eigenvalue weighted by molar-refractivity contribution is 0.0693. The first-order valence-electron chi connectivity index (χ1n) is 5.17. The van der Waals surface area contributed by atoms with Crippen molar-refractivity contribution in [2.45, 2.75) is 0 Å². The zero-order valence-electron chi connectivity index (χ0n) is 9.07. The molecule has 18 heavy (non-hydrogen) atoms. The summed E-state index contributed by atoms with van der Waals surface area (Å²) in [6.45, 7) is 0. The maximum absolute atomic E-state index is 11.1. The molecule has 0 atom stereocenters. The molecule has 0 saturated heterocycles. The number of benzene rings is 1. The predicted molar refractivity (Wildman–Crippen MR) is 68.3 cm³/mol. The van der Waals surface area contributed by atoms with E-state index in [-0.39, 0.29) is 10.3 Å². The van der Waals surface area contributed by atoms with Gasteiger partial charge in [-0.3, -0.25) is 4.40 Å². The first-order chi connectivity index (χ1) is 8.68. The van der Waals surface area contributed by atoms with Gasteiger partial charge in [0.15, 0.2) is 10.3 Å². The summed E-state index contributed by atoms with van der Waals surface area (Å²) in [5.41, 5.74) is 1.09. The molecule has 2 heterocycles. The number of rotatable bonds is 1. The number of aromatic nitrogens is 3. The second-order valence-corrected chi connectivity index (χ2v) is 4.13. The van der Waals surface area contributed by atoms with E-state index < -0.39 is 5.97 Å². The molecule has 6 heteroatoms. The number of imidazole rings is 1. The first kappa shape index (κ1) is 10.8. The summed E-state index contributed by atoms with van der Waals surface area (Å²) in [5, 5.41) is 9.97. The van der Waals surface area contributed by atoms with Crippen molar-refractivity contribution >= 4 is 34.6 Å². The number of carbonyl (C=O) groups is 1. The van der Waals surface area contributed by atoms with Gasteiger partial charge in [0.2, 0.25) is 0 Å². The molecule has 1 aromatic carbocycles. The molecule has 3 rings (SSSR count). The fraction of sp³-hybridized carbons (Fsp3) is 0. The van der Waals surface area contributed by atoms with Crippen molar-refractivity contribution in [2.24, 2.45) is 0 Å². The lowest BCUT2D eigenvalue weighted by Gasteiger charge is -1.94. The third-order valence-electron chi connectivity index (χ3n) is 2.69. The van der Waals surface area contributed by atoms with E-state index in [2.05, 4.69) is 9.97 Å². The normalized spacial score (nSPS) is 10.9. The van der Waals surface area contributed by atoms with Gasteiger partial charge in [0.1, 0.15) is 11.8 Å². The van der Waals surface area contributed by atoms with E-state index in [0.717, 1.165) is 10.9 Å². The molecule has 88 valence electrons. The highest BCUT2D eigenvalue weighted by Crippen LogP contribution is 2.17. The molecule has 0 aliphatic heterocycles. The van der Waals surface area contributed by atoms with E-state index in [1.807, 2.05) is 24.3 Å². The highest BCUT2D eigenvalue weighted by Gasteiger charge is 2.14. The lowest BCUT2D eigenvalue weighted by Crippen LogP contribution is -1.97. The second-order valence-electron chi connectivity index (χ2n) is 3.74. The minimum Gasteiger partial charge on any atom is -0.476 e. The summed E-state index contributed by atoms with van der Waals surface area (Å²) < 4.78 is 1.88. The molecule has 0 amide bonds. The summed E-state index contributed by atoms with van der Waals surface area (Å²) >= 11 is 5.13. The SMILES string of the molecule is O=C(O)c1ncn2c1c(=S)ncc1ccccc12. The molecule has 0 aliphatic carbocycles. The van der Waals surface area contributed by atoms with Gasteiger partial charge in [0, 0.05) is 11.6 Å². The van der Waals surface area contributed by atoms with Crippen molar-refractivity contribution < 1.29 is 9.90 Å². The Bertz CT molecular complexity index is 841. The van der Waals surface area contributed by atoms with Crippen molar-refractivity contribution in [1.82, 2.24) is 14.4 Å². The van der Waals surface area contributed by atoms with Gasteiger partial charge in [0.05, 0.1) is 5.52 Å². The molecule has 0 spiro atoms. The van der Waals surface area contributed by atoms with Crippen LogP contribution in [0, 0.1) is 4.64 Å². The zero-order valence-corrected chi connectivity index (χ0v) is 9.89. The van der Waals surface area contributed by atoms with Crippen LogP contribution >= 0.6 is 12.2 Å². The minimum atomic E-state index is -1.11. The third kappa shape index (κ3) is 1.46. The maximum atomic E-state index is 11.1. The second kappa shape index (κ2) is 3.85. The number of fused-ring (bicyclic) bond motifs is 3. The molecule has 0 bridgehead atoms. The molecule has 3 aromatic rings. The Morgan fingerprint density at radius 1 is 1.28 bits per heavy atom. The summed E-state index contributed by atoms with van der Waals surface area (Å²) in [7, 11) is 0. The Morgan fingerprint density at radius 2 is 2.06 bits per heavy atom. The molecular formula is C12H7N3O2S. The Morgan fingerprint density at radius 3 is 2.83 bits per heavy atom. The van der Waals surface area contributed by atoms with Gasteiger partial charge in [-0.1, -0.05) is 30.4 Å². The molecule has 0 saturated carbocycles. The average molecular weight is 257 g/mol. The third-order valence-corrected chi connectivity index (χ3v) is 2.99. The number of hydrogen-bond donors (Lipinski definition) is 1. The molecule has 1 N–H and O–H groups in total. The van der Waals surface area contributed by atoms with E-state index in [4.69, 9.17) is 17.3 Å². The van der Waals surface area contributed by atoms with E-state index in [0.29, 0.717) is 5.52 Å². The van der Waals surface area contributed by atoms with Crippen LogP contribution in [0.15, 0.2) is 36.8 Å². The standard InChI is InChI=1S/C12H7N3O2S/c16-12(17)9-10-11(18)13-5-7-3-1-2-4-8(7)15(10)6-14-9/h1-6H,(H,16,17). The van der Waals surface area contributed by atoms with E-state index in [9.17, 15) is 4.79 Å². The van der Waals surface area contributed by atoms with Crippen molar-refractivity contribution in [2.75, 3.05) is 0 Å². The summed E-state index contributed by atoms with van der Waals surface area (Å²) in [6.07, 6.45) is 3.09. The van der Waals surface area contributed by atoms with E-state index >= 15 is 0 Å². The molecule has 0 aliphatic rings. The Balaban J connectivity index is 2.66. The van der Waals surface area contributed by atoms with Crippen LogP contribution in [0.25, 0.3) is 16.4 Å². The number of carboxylic acid groups (broad SMARTS) is 1. The fourth-order valence-electron chi connectivity index (χ4n) is 1.90. The van der Waals surface area contributed by atoms with Crippen molar-refractivity contribution in [3.05, 3.63) is 47.1 Å². The van der Waals surface area contributed by atoms with Gasteiger partial charge >= 0.3 is 5.97 Å². The summed E-state index contributed by atoms with van der Waals surface area (Å²) in [5.74, 6) is -1.11. The monoisotopic (exact) mass is 257 g/mol. The van der Waals surface area contributed by atoms with E-state index in [1.165, 1.54) is 6.33 Å². The van der Waals surface area contributed by atoms with Gasteiger partial charge in [0.25, 0.3) is 0 Å². The molecule has 0 unspecified atom stereocenters. The minimum absolute atomic E-state index is 0.0751. The number of nitrogens with zero attached hydrogens (tertiary/aromatic N) is 3. The van der Waals surface area contributed by atoms with Crippen LogP contribution in [0.3, 0.4) is 0 Å². The van der Waals surface area contributed by atoms with Crippen LogP contribution < -0.4 is 0 Å². The van der Waals surface area contributed by atoms with Crippen LogP contribution in [0.2, 0.25) is 0 Å². The number of hydrogen-bond acceptors (Lipinski definition) is 4. The topological polar surface area (TPSA) is 67.5 Å². The summed E-state index contributed by atoms with van der Waals surface area (Å²) in [6, 6.07) is 7.50.